The molecule has 44 heavy (non-hydrogen) atoms. The van der Waals surface area contributed by atoms with Gasteiger partial charge in [0.1, 0.15) is 5.70 Å². The maximum absolute atomic E-state index is 13.6. The molecule has 8 nitrogen and oxygen atoms in total. The summed E-state index contributed by atoms with van der Waals surface area (Å²) < 4.78 is 0. The molecule has 5 aromatic carbocycles. The first-order chi connectivity index (χ1) is 21.4. The van der Waals surface area contributed by atoms with Gasteiger partial charge in [-0.05, 0) is 77.0 Å². The molecule has 0 aromatic heterocycles. The van der Waals surface area contributed by atoms with Crippen LogP contribution >= 0.6 is 11.8 Å². The largest absolute Gasteiger partial charge is 0.478 e. The molecule has 0 fully saturated rings. The van der Waals surface area contributed by atoms with Crippen LogP contribution in [0.5, 0.6) is 0 Å². The van der Waals surface area contributed by atoms with E-state index in [4.69, 9.17) is 5.11 Å². The fourth-order valence-electron chi connectivity index (χ4n) is 4.38. The van der Waals surface area contributed by atoms with Crippen LogP contribution in [-0.2, 0) is 9.59 Å². The fourth-order valence-corrected chi connectivity index (χ4v) is 5.13. The number of thioether (sulfide) groups is 1. The van der Waals surface area contributed by atoms with E-state index in [0.29, 0.717) is 16.9 Å². The molecular formula is C35H27N3O5S. The van der Waals surface area contributed by atoms with Gasteiger partial charge >= 0.3 is 5.97 Å². The summed E-state index contributed by atoms with van der Waals surface area (Å²) in [5, 5.41) is 19.3. The van der Waals surface area contributed by atoms with Gasteiger partial charge in [0.15, 0.2) is 0 Å². The smallest absolute Gasteiger partial charge is 0.335 e. The number of rotatable bonds is 10. The Morgan fingerprint density at radius 3 is 2.16 bits per heavy atom. The molecule has 0 heterocycles. The molecule has 5 rings (SSSR count). The summed E-state index contributed by atoms with van der Waals surface area (Å²) in [5.41, 5.74) is 2.37. The van der Waals surface area contributed by atoms with Crippen molar-refractivity contribution in [2.45, 2.75) is 4.90 Å². The third-order valence-corrected chi connectivity index (χ3v) is 7.52. The number of carbonyl (C=O) groups is 4. The van der Waals surface area contributed by atoms with Crippen molar-refractivity contribution in [3.8, 4) is 0 Å². The predicted octanol–water partition coefficient (Wildman–Crippen LogP) is 6.68. The van der Waals surface area contributed by atoms with Gasteiger partial charge in [-0.1, -0.05) is 66.7 Å². The third kappa shape index (κ3) is 7.78. The number of amides is 3. The Morgan fingerprint density at radius 2 is 1.39 bits per heavy atom. The van der Waals surface area contributed by atoms with Crippen LogP contribution in [0.2, 0.25) is 0 Å². The maximum atomic E-state index is 13.6. The van der Waals surface area contributed by atoms with Crippen molar-refractivity contribution in [1.82, 2.24) is 5.32 Å². The minimum Gasteiger partial charge on any atom is -0.478 e. The zero-order valence-corrected chi connectivity index (χ0v) is 24.1. The zero-order valence-electron chi connectivity index (χ0n) is 23.3. The van der Waals surface area contributed by atoms with E-state index < -0.39 is 17.8 Å². The van der Waals surface area contributed by atoms with Gasteiger partial charge < -0.3 is 21.1 Å². The standard InChI is InChI=1S/C35H27N3O5S/c39-32(36-27-18-16-25(17-19-27)35(42)43)22-44-29-14-7-13-28(21-29)37-34(41)31(38-33(40)24-9-2-1-3-10-24)20-26-12-6-11-23-8-4-5-15-30(23)26/h1-21H,22H2,(H,36,39)(H,37,41)(H,38,40)(H,42,43)/b31-20+. The van der Waals surface area contributed by atoms with Crippen molar-refractivity contribution in [3.05, 3.63) is 144 Å². The van der Waals surface area contributed by atoms with Crippen molar-refractivity contribution in [2.24, 2.45) is 0 Å². The van der Waals surface area contributed by atoms with Crippen LogP contribution in [0.4, 0.5) is 11.4 Å². The summed E-state index contributed by atoms with van der Waals surface area (Å²) in [6.45, 7) is 0. The number of hydrogen-bond donors (Lipinski definition) is 4. The van der Waals surface area contributed by atoms with Crippen LogP contribution in [0, 0.1) is 0 Å². The highest BCUT2D eigenvalue weighted by Gasteiger charge is 2.16. The maximum Gasteiger partial charge on any atom is 0.335 e. The van der Waals surface area contributed by atoms with Crippen LogP contribution in [0.25, 0.3) is 16.8 Å². The van der Waals surface area contributed by atoms with Crippen molar-refractivity contribution < 1.29 is 24.3 Å². The minimum atomic E-state index is -1.04. The summed E-state index contributed by atoms with van der Waals surface area (Å²) in [4.78, 5) is 50.9. The summed E-state index contributed by atoms with van der Waals surface area (Å²) in [5.74, 6) is -2.14. The van der Waals surface area contributed by atoms with Crippen LogP contribution in [-0.4, -0.2) is 34.6 Å². The minimum absolute atomic E-state index is 0.0709. The Bertz CT molecular complexity index is 1870. The molecule has 3 amide bonds. The molecule has 0 unspecified atom stereocenters. The Kier molecular flexibility index (Phi) is 9.48. The molecule has 0 spiro atoms. The van der Waals surface area contributed by atoms with Crippen molar-refractivity contribution in [3.63, 3.8) is 0 Å². The number of carboxylic acids is 1. The predicted molar refractivity (Wildman–Crippen MR) is 174 cm³/mol. The van der Waals surface area contributed by atoms with Crippen LogP contribution in [0.3, 0.4) is 0 Å². The summed E-state index contributed by atoms with van der Waals surface area (Å²) in [6, 6.07) is 35.1. The van der Waals surface area contributed by atoms with E-state index in [1.54, 1.807) is 48.5 Å². The number of anilines is 2. The van der Waals surface area contributed by atoms with Crippen LogP contribution in [0.15, 0.2) is 132 Å². The Balaban J connectivity index is 1.30. The Labute approximate surface area is 257 Å². The average Bonchev–Trinajstić information content (AvgIpc) is 3.04. The molecule has 9 heteroatoms. The van der Waals surface area contributed by atoms with E-state index in [1.165, 1.54) is 36.0 Å². The molecule has 218 valence electrons. The summed E-state index contributed by atoms with van der Waals surface area (Å²) in [7, 11) is 0. The number of hydrogen-bond acceptors (Lipinski definition) is 5. The summed E-state index contributed by atoms with van der Waals surface area (Å²) in [6.07, 6.45) is 1.66. The average molecular weight is 602 g/mol. The van der Waals surface area contributed by atoms with E-state index in [-0.39, 0.29) is 22.9 Å². The highest BCUT2D eigenvalue weighted by molar-refractivity contribution is 8.00. The van der Waals surface area contributed by atoms with Crippen molar-refractivity contribution in [1.29, 1.82) is 0 Å². The van der Waals surface area contributed by atoms with Gasteiger partial charge in [-0.2, -0.15) is 0 Å². The van der Waals surface area contributed by atoms with E-state index in [9.17, 15) is 19.2 Å². The lowest BCUT2D eigenvalue weighted by Crippen LogP contribution is -2.30. The SMILES string of the molecule is O=C(CSc1cccc(NC(=O)/C(=C\c2cccc3ccccc23)NC(=O)c2ccccc2)c1)Nc1ccc(C(=O)O)cc1. The highest BCUT2D eigenvalue weighted by Crippen LogP contribution is 2.24. The molecule has 0 saturated heterocycles. The van der Waals surface area contributed by atoms with Gasteiger partial charge in [0.25, 0.3) is 11.8 Å². The van der Waals surface area contributed by atoms with Gasteiger partial charge in [0.05, 0.1) is 11.3 Å². The monoisotopic (exact) mass is 601 g/mol. The number of benzene rings is 5. The number of fused-ring (bicyclic) bond motifs is 1. The highest BCUT2D eigenvalue weighted by atomic mass is 32.2. The first-order valence-electron chi connectivity index (χ1n) is 13.6. The number of carbonyl (C=O) groups excluding carboxylic acids is 3. The van der Waals surface area contributed by atoms with E-state index >= 15 is 0 Å². The van der Waals surface area contributed by atoms with Gasteiger partial charge in [-0.25, -0.2) is 4.79 Å². The normalized spacial score (nSPS) is 11.0. The van der Waals surface area contributed by atoms with Gasteiger partial charge in [-0.3, -0.25) is 14.4 Å². The van der Waals surface area contributed by atoms with Crippen LogP contribution < -0.4 is 16.0 Å². The quantitative estimate of drug-likeness (QED) is 0.105. The molecule has 4 N–H and O–H groups in total. The summed E-state index contributed by atoms with van der Waals surface area (Å²) >= 11 is 1.28. The molecule has 0 atom stereocenters. The number of aromatic carboxylic acids is 1. The van der Waals surface area contributed by atoms with E-state index in [0.717, 1.165) is 21.2 Å². The van der Waals surface area contributed by atoms with E-state index in [1.807, 2.05) is 54.6 Å². The lowest BCUT2D eigenvalue weighted by atomic mass is 10.0. The molecule has 0 radical (unpaired) electrons. The van der Waals surface area contributed by atoms with Crippen LogP contribution in [0.1, 0.15) is 26.3 Å². The first kappa shape index (κ1) is 29.8. The third-order valence-electron chi connectivity index (χ3n) is 6.53. The number of nitrogens with one attached hydrogen (secondary N) is 3. The zero-order chi connectivity index (χ0) is 30.9. The molecular weight excluding hydrogens is 574 g/mol. The number of carboxylic acid groups (broad SMARTS) is 1. The van der Waals surface area contributed by atoms with Gasteiger partial charge in [0, 0.05) is 21.8 Å². The topological polar surface area (TPSA) is 125 Å². The lowest BCUT2D eigenvalue weighted by Gasteiger charge is -2.13. The second-order valence-electron chi connectivity index (χ2n) is 9.65. The van der Waals surface area contributed by atoms with E-state index in [2.05, 4.69) is 16.0 Å². The first-order valence-corrected chi connectivity index (χ1v) is 14.6. The fraction of sp³-hybridized carbons (Fsp3) is 0.0286. The molecule has 0 aliphatic rings. The van der Waals surface area contributed by atoms with Crippen molar-refractivity contribution in [2.75, 3.05) is 16.4 Å². The Hall–Kier alpha value is -5.67. The second-order valence-corrected chi connectivity index (χ2v) is 10.7. The van der Waals surface area contributed by atoms with Gasteiger partial charge in [-0.15, -0.1) is 11.8 Å². The second kappa shape index (κ2) is 14.0. The lowest BCUT2D eigenvalue weighted by molar-refractivity contribution is -0.114. The van der Waals surface area contributed by atoms with Crippen molar-refractivity contribution >= 4 is 63.7 Å². The molecule has 0 bridgehead atoms. The molecule has 0 saturated carbocycles. The van der Waals surface area contributed by atoms with Gasteiger partial charge in [0.2, 0.25) is 5.91 Å². The molecule has 0 aliphatic carbocycles. The molecule has 0 aliphatic heterocycles. The Morgan fingerprint density at radius 1 is 0.682 bits per heavy atom. The molecule has 5 aromatic rings.